The molecule has 0 bridgehead atoms. The van der Waals surface area contributed by atoms with Crippen LogP contribution in [0, 0.1) is 0 Å². The fourth-order valence-electron chi connectivity index (χ4n) is 3.04. The maximum atomic E-state index is 12.3. The van der Waals surface area contributed by atoms with Crippen LogP contribution < -0.4 is 10.2 Å². The molecule has 2 aromatic rings. The maximum absolute atomic E-state index is 12.3. The van der Waals surface area contributed by atoms with E-state index in [-0.39, 0.29) is 18.6 Å². The van der Waals surface area contributed by atoms with Crippen LogP contribution in [0.1, 0.15) is 18.6 Å². The number of nitrogens with zero attached hydrogens (tertiary/aromatic N) is 2. The predicted molar refractivity (Wildman–Crippen MR) is 97.6 cm³/mol. The SMILES string of the molecule is CN(Cc1ccco1)C(=O)CNc1ccccc1N1CCC(O)CC1. The van der Waals surface area contributed by atoms with Crippen LogP contribution in [-0.2, 0) is 11.3 Å². The topological polar surface area (TPSA) is 69.0 Å². The van der Waals surface area contributed by atoms with Crippen molar-refractivity contribution < 1.29 is 14.3 Å². The first kappa shape index (κ1) is 17.4. The fourth-order valence-corrected chi connectivity index (χ4v) is 3.04. The molecule has 6 heteroatoms. The smallest absolute Gasteiger partial charge is 0.242 e. The molecule has 2 heterocycles. The van der Waals surface area contributed by atoms with Gasteiger partial charge in [0, 0.05) is 20.1 Å². The molecule has 3 rings (SSSR count). The first-order valence-corrected chi connectivity index (χ1v) is 8.66. The van der Waals surface area contributed by atoms with Gasteiger partial charge in [0.05, 0.1) is 36.8 Å². The van der Waals surface area contributed by atoms with Gasteiger partial charge < -0.3 is 24.6 Å². The van der Waals surface area contributed by atoms with Gasteiger partial charge in [-0.3, -0.25) is 4.79 Å². The second-order valence-corrected chi connectivity index (χ2v) is 6.42. The molecule has 1 aromatic carbocycles. The first-order valence-electron chi connectivity index (χ1n) is 8.66. The van der Waals surface area contributed by atoms with Gasteiger partial charge in [0.2, 0.25) is 5.91 Å². The van der Waals surface area contributed by atoms with Crippen LogP contribution in [0.4, 0.5) is 11.4 Å². The Hall–Kier alpha value is -2.47. The number of hydrogen-bond acceptors (Lipinski definition) is 5. The Kier molecular flexibility index (Phi) is 5.60. The number of benzene rings is 1. The molecular weight excluding hydrogens is 318 g/mol. The standard InChI is InChI=1S/C19H25N3O3/c1-21(14-16-5-4-12-25-16)19(24)13-20-17-6-2-3-7-18(17)22-10-8-15(23)9-11-22/h2-7,12,15,20,23H,8-11,13-14H2,1H3. The fraction of sp³-hybridized carbons (Fsp3) is 0.421. The third-order valence-electron chi connectivity index (χ3n) is 4.54. The van der Waals surface area contributed by atoms with Crippen molar-refractivity contribution in [2.24, 2.45) is 0 Å². The van der Waals surface area contributed by atoms with E-state index in [0.29, 0.717) is 6.54 Å². The van der Waals surface area contributed by atoms with Crippen LogP contribution in [0.3, 0.4) is 0 Å². The number of piperidine rings is 1. The molecule has 1 amide bonds. The lowest BCUT2D eigenvalue weighted by atomic mass is 10.1. The lowest BCUT2D eigenvalue weighted by Gasteiger charge is -2.33. The molecule has 0 spiro atoms. The summed E-state index contributed by atoms with van der Waals surface area (Å²) in [5.41, 5.74) is 2.02. The Labute approximate surface area is 148 Å². The van der Waals surface area contributed by atoms with Gasteiger partial charge in [-0.15, -0.1) is 0 Å². The third-order valence-corrected chi connectivity index (χ3v) is 4.54. The molecule has 134 valence electrons. The van der Waals surface area contributed by atoms with Gasteiger partial charge in [0.1, 0.15) is 5.76 Å². The van der Waals surface area contributed by atoms with Crippen molar-refractivity contribution in [1.29, 1.82) is 0 Å². The number of furan rings is 1. The largest absolute Gasteiger partial charge is 0.467 e. The summed E-state index contributed by atoms with van der Waals surface area (Å²) in [6.07, 6.45) is 2.96. The summed E-state index contributed by atoms with van der Waals surface area (Å²) in [5, 5.41) is 12.9. The molecule has 1 saturated heterocycles. The predicted octanol–water partition coefficient (Wildman–Crippen LogP) is 2.31. The van der Waals surface area contributed by atoms with Gasteiger partial charge >= 0.3 is 0 Å². The van der Waals surface area contributed by atoms with Gasteiger partial charge in [0.25, 0.3) is 0 Å². The van der Waals surface area contributed by atoms with Crippen molar-refractivity contribution in [1.82, 2.24) is 4.90 Å². The highest BCUT2D eigenvalue weighted by atomic mass is 16.3. The highest BCUT2D eigenvalue weighted by Gasteiger charge is 2.19. The summed E-state index contributed by atoms with van der Waals surface area (Å²) in [7, 11) is 1.77. The van der Waals surface area contributed by atoms with Crippen molar-refractivity contribution in [2.45, 2.75) is 25.5 Å². The lowest BCUT2D eigenvalue weighted by Crippen LogP contribution is -2.36. The van der Waals surface area contributed by atoms with Crippen LogP contribution >= 0.6 is 0 Å². The average Bonchev–Trinajstić information content (AvgIpc) is 3.13. The van der Waals surface area contributed by atoms with Crippen LogP contribution in [0.2, 0.25) is 0 Å². The Morgan fingerprint density at radius 1 is 1.28 bits per heavy atom. The van der Waals surface area contributed by atoms with Crippen molar-refractivity contribution in [2.75, 3.05) is 36.9 Å². The van der Waals surface area contributed by atoms with E-state index in [1.54, 1.807) is 18.2 Å². The van der Waals surface area contributed by atoms with E-state index in [2.05, 4.69) is 16.3 Å². The molecular formula is C19H25N3O3. The molecule has 0 radical (unpaired) electrons. The maximum Gasteiger partial charge on any atom is 0.242 e. The molecule has 0 aliphatic carbocycles. The number of carbonyl (C=O) groups is 1. The molecule has 1 fully saturated rings. The number of aliphatic hydroxyl groups excluding tert-OH is 1. The van der Waals surface area contributed by atoms with Gasteiger partial charge in [-0.1, -0.05) is 12.1 Å². The van der Waals surface area contributed by atoms with Crippen LogP contribution in [0.5, 0.6) is 0 Å². The van der Waals surface area contributed by atoms with Gasteiger partial charge in [0.15, 0.2) is 0 Å². The van der Waals surface area contributed by atoms with Gasteiger partial charge in [-0.2, -0.15) is 0 Å². The minimum absolute atomic E-state index is 0.000249. The van der Waals surface area contributed by atoms with E-state index in [1.165, 1.54) is 0 Å². The number of rotatable bonds is 6. The molecule has 25 heavy (non-hydrogen) atoms. The highest BCUT2D eigenvalue weighted by molar-refractivity contribution is 5.82. The van der Waals surface area contributed by atoms with E-state index < -0.39 is 0 Å². The Morgan fingerprint density at radius 3 is 2.76 bits per heavy atom. The first-order chi connectivity index (χ1) is 12.1. The Balaban J connectivity index is 1.58. The zero-order valence-corrected chi connectivity index (χ0v) is 14.5. The molecule has 6 nitrogen and oxygen atoms in total. The van der Waals surface area contributed by atoms with E-state index in [9.17, 15) is 9.90 Å². The number of hydrogen-bond donors (Lipinski definition) is 2. The Morgan fingerprint density at radius 2 is 2.04 bits per heavy atom. The number of amides is 1. The molecule has 0 saturated carbocycles. The third kappa shape index (κ3) is 4.54. The van der Waals surface area contributed by atoms with Crippen molar-refractivity contribution in [3.05, 3.63) is 48.4 Å². The summed E-state index contributed by atoms with van der Waals surface area (Å²) in [6, 6.07) is 11.7. The molecule has 1 aliphatic rings. The summed E-state index contributed by atoms with van der Waals surface area (Å²) in [5.74, 6) is 0.767. The van der Waals surface area contributed by atoms with Crippen LogP contribution in [0.25, 0.3) is 0 Å². The van der Waals surface area contributed by atoms with E-state index in [0.717, 1.165) is 43.1 Å². The van der Waals surface area contributed by atoms with Crippen LogP contribution in [-0.4, -0.2) is 48.7 Å². The van der Waals surface area contributed by atoms with E-state index in [1.807, 2.05) is 30.3 Å². The average molecular weight is 343 g/mol. The number of likely N-dealkylation sites (N-methyl/N-ethyl adjacent to an activating group) is 1. The summed E-state index contributed by atoms with van der Waals surface area (Å²) < 4.78 is 5.28. The van der Waals surface area contributed by atoms with Crippen molar-refractivity contribution >= 4 is 17.3 Å². The Bertz CT molecular complexity index is 679. The van der Waals surface area contributed by atoms with Crippen molar-refractivity contribution in [3.63, 3.8) is 0 Å². The quantitative estimate of drug-likeness (QED) is 0.842. The number of anilines is 2. The highest BCUT2D eigenvalue weighted by Crippen LogP contribution is 2.28. The zero-order chi connectivity index (χ0) is 17.6. The van der Waals surface area contributed by atoms with Crippen molar-refractivity contribution in [3.8, 4) is 0 Å². The molecule has 2 N–H and O–H groups in total. The number of para-hydroxylation sites is 2. The minimum atomic E-state index is -0.201. The van der Waals surface area contributed by atoms with Gasteiger partial charge in [-0.25, -0.2) is 0 Å². The molecule has 0 atom stereocenters. The summed E-state index contributed by atoms with van der Waals surface area (Å²) >= 11 is 0. The monoisotopic (exact) mass is 343 g/mol. The number of carbonyl (C=O) groups excluding carboxylic acids is 1. The molecule has 1 aromatic heterocycles. The molecule has 0 unspecified atom stereocenters. The van der Waals surface area contributed by atoms with E-state index in [4.69, 9.17) is 4.42 Å². The summed E-state index contributed by atoms with van der Waals surface area (Å²) in [4.78, 5) is 16.2. The number of nitrogens with one attached hydrogen (secondary N) is 1. The normalized spacial score (nSPS) is 15.2. The second-order valence-electron chi connectivity index (χ2n) is 6.42. The zero-order valence-electron chi connectivity index (χ0n) is 14.5. The summed E-state index contributed by atoms with van der Waals surface area (Å²) in [6.45, 7) is 2.34. The van der Waals surface area contributed by atoms with Gasteiger partial charge in [-0.05, 0) is 37.1 Å². The lowest BCUT2D eigenvalue weighted by molar-refractivity contribution is -0.128. The number of aliphatic hydroxyl groups is 1. The molecule has 1 aliphatic heterocycles. The van der Waals surface area contributed by atoms with E-state index >= 15 is 0 Å². The minimum Gasteiger partial charge on any atom is -0.467 e. The second kappa shape index (κ2) is 8.07. The van der Waals surface area contributed by atoms with Crippen LogP contribution in [0.15, 0.2) is 47.1 Å².